The predicted octanol–water partition coefficient (Wildman–Crippen LogP) is 2.97. The number of carbonyl (C=O) groups is 1. The molecular weight excluding hydrogens is 266 g/mol. The van der Waals surface area contributed by atoms with Crippen molar-refractivity contribution in [1.29, 1.82) is 0 Å². The largest absolute Gasteiger partial charge is 0.445 e. The van der Waals surface area contributed by atoms with E-state index in [-0.39, 0.29) is 6.61 Å². The van der Waals surface area contributed by atoms with Gasteiger partial charge in [0.25, 0.3) is 0 Å². The Bertz CT molecular complexity index is 598. The van der Waals surface area contributed by atoms with E-state index in [4.69, 9.17) is 4.74 Å². The van der Waals surface area contributed by atoms with Gasteiger partial charge in [0.2, 0.25) is 0 Å². The summed E-state index contributed by atoms with van der Waals surface area (Å²) in [5.41, 5.74) is 3.97. The first kappa shape index (κ1) is 14.8. The van der Waals surface area contributed by atoms with Crippen LogP contribution in [-0.4, -0.2) is 22.8 Å². The summed E-state index contributed by atoms with van der Waals surface area (Å²) in [5, 5.41) is 9.69. The highest BCUT2D eigenvalue weighted by molar-refractivity contribution is 5.67. The fourth-order valence-electron chi connectivity index (χ4n) is 1.90. The molecule has 1 heterocycles. The SMILES string of the molecule is Cc1n[nH]c(C)c1C=CCNC(=O)OCc1ccccc1. The third kappa shape index (κ3) is 4.49. The Morgan fingerprint density at radius 1 is 1.33 bits per heavy atom. The van der Waals surface area contributed by atoms with Gasteiger partial charge in [0.05, 0.1) is 5.69 Å². The molecule has 1 amide bonds. The maximum Gasteiger partial charge on any atom is 0.407 e. The highest BCUT2D eigenvalue weighted by Gasteiger charge is 2.02. The first-order valence-corrected chi connectivity index (χ1v) is 6.79. The van der Waals surface area contributed by atoms with Crippen LogP contribution in [0.5, 0.6) is 0 Å². The highest BCUT2D eigenvalue weighted by atomic mass is 16.5. The number of aromatic nitrogens is 2. The molecule has 1 aromatic heterocycles. The second-order valence-corrected chi connectivity index (χ2v) is 4.69. The van der Waals surface area contributed by atoms with Crippen LogP contribution in [0.4, 0.5) is 4.79 Å². The first-order valence-electron chi connectivity index (χ1n) is 6.79. The Kier molecular flexibility index (Phi) is 5.15. The number of carbonyl (C=O) groups excluding carboxylic acids is 1. The third-order valence-corrected chi connectivity index (χ3v) is 3.05. The molecule has 0 fully saturated rings. The summed E-state index contributed by atoms with van der Waals surface area (Å²) < 4.78 is 5.11. The summed E-state index contributed by atoms with van der Waals surface area (Å²) in [6.45, 7) is 4.58. The molecule has 2 aromatic rings. The van der Waals surface area contributed by atoms with Crippen molar-refractivity contribution in [2.75, 3.05) is 6.54 Å². The van der Waals surface area contributed by atoms with Gasteiger partial charge >= 0.3 is 6.09 Å². The van der Waals surface area contributed by atoms with Gasteiger partial charge in [-0.3, -0.25) is 5.10 Å². The lowest BCUT2D eigenvalue weighted by Gasteiger charge is -2.05. The van der Waals surface area contributed by atoms with Crippen LogP contribution >= 0.6 is 0 Å². The van der Waals surface area contributed by atoms with Crippen molar-refractivity contribution in [2.24, 2.45) is 0 Å². The smallest absolute Gasteiger partial charge is 0.407 e. The molecule has 0 aliphatic carbocycles. The highest BCUT2D eigenvalue weighted by Crippen LogP contribution is 2.10. The summed E-state index contributed by atoms with van der Waals surface area (Å²) in [4.78, 5) is 11.5. The number of hydrogen-bond donors (Lipinski definition) is 2. The number of rotatable bonds is 5. The van der Waals surface area contributed by atoms with Crippen LogP contribution in [0.2, 0.25) is 0 Å². The van der Waals surface area contributed by atoms with E-state index >= 15 is 0 Å². The molecule has 0 atom stereocenters. The van der Waals surface area contributed by atoms with Gasteiger partial charge < -0.3 is 10.1 Å². The summed E-state index contributed by atoms with van der Waals surface area (Å²) in [6, 6.07) is 9.58. The van der Waals surface area contributed by atoms with E-state index in [1.54, 1.807) is 0 Å². The molecule has 0 radical (unpaired) electrons. The lowest BCUT2D eigenvalue weighted by molar-refractivity contribution is 0.141. The molecule has 0 unspecified atom stereocenters. The number of H-pyrrole nitrogens is 1. The van der Waals surface area contributed by atoms with Gasteiger partial charge in [0.1, 0.15) is 6.61 Å². The quantitative estimate of drug-likeness (QED) is 0.887. The zero-order valence-electron chi connectivity index (χ0n) is 12.2. The minimum Gasteiger partial charge on any atom is -0.445 e. The number of nitrogens with one attached hydrogen (secondary N) is 2. The average molecular weight is 285 g/mol. The van der Waals surface area contributed by atoms with Gasteiger partial charge in [-0.1, -0.05) is 42.5 Å². The number of benzene rings is 1. The van der Waals surface area contributed by atoms with Crippen molar-refractivity contribution in [3.05, 3.63) is 58.9 Å². The molecule has 0 aliphatic heterocycles. The van der Waals surface area contributed by atoms with Crippen molar-refractivity contribution in [1.82, 2.24) is 15.5 Å². The average Bonchev–Trinajstić information content (AvgIpc) is 2.82. The van der Waals surface area contributed by atoms with Crippen LogP contribution < -0.4 is 5.32 Å². The van der Waals surface area contributed by atoms with Gasteiger partial charge in [-0.15, -0.1) is 0 Å². The number of aromatic amines is 1. The van der Waals surface area contributed by atoms with E-state index in [0.717, 1.165) is 22.5 Å². The van der Waals surface area contributed by atoms with E-state index in [1.165, 1.54) is 0 Å². The first-order chi connectivity index (χ1) is 10.2. The fraction of sp³-hybridized carbons (Fsp3) is 0.250. The molecule has 2 rings (SSSR count). The molecule has 21 heavy (non-hydrogen) atoms. The maximum absolute atomic E-state index is 11.5. The lowest BCUT2D eigenvalue weighted by atomic mass is 10.2. The predicted molar refractivity (Wildman–Crippen MR) is 81.7 cm³/mol. The molecule has 0 spiro atoms. The standard InChI is InChI=1S/C16H19N3O2/c1-12-15(13(2)19-18-12)9-6-10-17-16(20)21-11-14-7-4-3-5-8-14/h3-9H,10-11H2,1-2H3,(H,17,20)(H,18,19). The normalized spacial score (nSPS) is 10.8. The van der Waals surface area contributed by atoms with E-state index in [1.807, 2.05) is 56.3 Å². The summed E-state index contributed by atoms with van der Waals surface area (Å²) in [6.07, 6.45) is 3.38. The minimum absolute atomic E-state index is 0.274. The van der Waals surface area contributed by atoms with E-state index in [9.17, 15) is 4.79 Å². The van der Waals surface area contributed by atoms with Crippen LogP contribution in [0.3, 0.4) is 0 Å². The van der Waals surface area contributed by atoms with Gasteiger partial charge in [-0.05, 0) is 19.4 Å². The minimum atomic E-state index is -0.427. The lowest BCUT2D eigenvalue weighted by Crippen LogP contribution is -2.24. The van der Waals surface area contributed by atoms with Crippen molar-refractivity contribution >= 4 is 12.2 Å². The van der Waals surface area contributed by atoms with Crippen LogP contribution in [0.15, 0.2) is 36.4 Å². The van der Waals surface area contributed by atoms with E-state index < -0.39 is 6.09 Å². The second kappa shape index (κ2) is 7.28. The van der Waals surface area contributed by atoms with E-state index in [2.05, 4.69) is 15.5 Å². The molecule has 5 nitrogen and oxygen atoms in total. The Labute approximate surface area is 124 Å². The van der Waals surface area contributed by atoms with Gasteiger partial charge in [0.15, 0.2) is 0 Å². The number of aryl methyl sites for hydroxylation is 2. The molecule has 2 N–H and O–H groups in total. The Balaban J connectivity index is 1.72. The summed E-state index contributed by atoms with van der Waals surface area (Å²) in [7, 11) is 0. The van der Waals surface area contributed by atoms with E-state index in [0.29, 0.717) is 6.54 Å². The molecule has 0 saturated carbocycles. The number of hydrogen-bond acceptors (Lipinski definition) is 3. The monoisotopic (exact) mass is 285 g/mol. The fourth-order valence-corrected chi connectivity index (χ4v) is 1.90. The molecule has 5 heteroatoms. The molecule has 110 valence electrons. The van der Waals surface area contributed by atoms with Crippen LogP contribution in [-0.2, 0) is 11.3 Å². The van der Waals surface area contributed by atoms with Gasteiger partial charge in [-0.25, -0.2) is 4.79 Å². The van der Waals surface area contributed by atoms with Gasteiger partial charge in [-0.2, -0.15) is 5.10 Å². The number of amides is 1. The van der Waals surface area contributed by atoms with Crippen molar-refractivity contribution in [3.8, 4) is 0 Å². The summed E-state index contributed by atoms with van der Waals surface area (Å²) >= 11 is 0. The molecular formula is C16H19N3O2. The van der Waals surface area contributed by atoms with Crippen molar-refractivity contribution in [3.63, 3.8) is 0 Å². The molecule has 0 bridgehead atoms. The molecule has 0 aliphatic rings. The maximum atomic E-state index is 11.5. The van der Waals surface area contributed by atoms with Crippen LogP contribution in [0.1, 0.15) is 22.5 Å². The number of ether oxygens (including phenoxy) is 1. The second-order valence-electron chi connectivity index (χ2n) is 4.69. The number of nitrogens with zero attached hydrogens (tertiary/aromatic N) is 1. The topological polar surface area (TPSA) is 67.0 Å². The zero-order valence-corrected chi connectivity index (χ0v) is 12.2. The van der Waals surface area contributed by atoms with Gasteiger partial charge in [0, 0.05) is 17.8 Å². The van der Waals surface area contributed by atoms with Crippen molar-refractivity contribution in [2.45, 2.75) is 20.5 Å². The Morgan fingerprint density at radius 2 is 2.10 bits per heavy atom. The Hall–Kier alpha value is -2.56. The molecule has 1 aromatic carbocycles. The third-order valence-electron chi connectivity index (χ3n) is 3.05. The van der Waals surface area contributed by atoms with Crippen LogP contribution in [0.25, 0.3) is 6.08 Å². The Morgan fingerprint density at radius 3 is 2.76 bits per heavy atom. The molecule has 0 saturated heterocycles. The zero-order chi connectivity index (χ0) is 15.1. The van der Waals surface area contributed by atoms with Crippen molar-refractivity contribution < 1.29 is 9.53 Å². The summed E-state index contributed by atoms with van der Waals surface area (Å²) in [5.74, 6) is 0. The number of alkyl carbamates (subject to hydrolysis) is 1. The van der Waals surface area contributed by atoms with Crippen LogP contribution in [0, 0.1) is 13.8 Å².